The van der Waals surface area contributed by atoms with Gasteiger partial charge in [-0.3, -0.25) is 4.40 Å². The van der Waals surface area contributed by atoms with E-state index >= 15 is 0 Å². The van der Waals surface area contributed by atoms with E-state index in [-0.39, 0.29) is 6.04 Å². The van der Waals surface area contributed by atoms with Crippen molar-refractivity contribution in [1.29, 1.82) is 0 Å². The molecule has 3 heterocycles. The Morgan fingerprint density at radius 2 is 2.29 bits per heavy atom. The van der Waals surface area contributed by atoms with Gasteiger partial charge in [0.05, 0.1) is 5.69 Å². The quantitative estimate of drug-likeness (QED) is 0.901. The molecule has 3 atom stereocenters. The number of carbonyl (C=O) groups is 1. The van der Waals surface area contributed by atoms with E-state index < -0.39 is 6.09 Å². The van der Waals surface area contributed by atoms with E-state index in [4.69, 9.17) is 0 Å². The molecule has 1 aliphatic heterocycles. The van der Waals surface area contributed by atoms with Crippen molar-refractivity contribution in [3.05, 3.63) is 24.2 Å². The lowest BCUT2D eigenvalue weighted by Gasteiger charge is -2.29. The van der Waals surface area contributed by atoms with Gasteiger partial charge in [0.1, 0.15) is 5.82 Å². The Kier molecular flexibility index (Phi) is 3.58. The topological polar surface area (TPSA) is 82.8 Å². The number of hydrogen-bond donors (Lipinski definition) is 2. The van der Waals surface area contributed by atoms with Crippen LogP contribution in [0, 0.1) is 11.8 Å². The first kappa shape index (κ1) is 15.2. The van der Waals surface area contributed by atoms with Crippen LogP contribution in [0.3, 0.4) is 0 Å². The van der Waals surface area contributed by atoms with Crippen molar-refractivity contribution in [3.8, 4) is 0 Å². The summed E-state index contributed by atoms with van der Waals surface area (Å²) in [7, 11) is 0. The van der Waals surface area contributed by atoms with Crippen molar-refractivity contribution in [3.63, 3.8) is 0 Å². The molecule has 7 heteroatoms. The van der Waals surface area contributed by atoms with E-state index in [1.54, 1.807) is 11.1 Å². The molecule has 2 N–H and O–H groups in total. The second-order valence-electron chi connectivity index (χ2n) is 7.28. The molecule has 2 bridgehead atoms. The van der Waals surface area contributed by atoms with Crippen LogP contribution in [0.5, 0.6) is 0 Å². The maximum atomic E-state index is 11.2. The first-order chi connectivity index (χ1) is 11.5. The Balaban J connectivity index is 1.48. The van der Waals surface area contributed by atoms with Crippen molar-refractivity contribution in [2.45, 2.75) is 38.6 Å². The van der Waals surface area contributed by atoms with Gasteiger partial charge in [0.2, 0.25) is 5.78 Å². The van der Waals surface area contributed by atoms with Crippen LogP contribution in [0.2, 0.25) is 0 Å². The predicted molar refractivity (Wildman–Crippen MR) is 90.3 cm³/mol. The molecule has 24 heavy (non-hydrogen) atoms. The van der Waals surface area contributed by atoms with Gasteiger partial charge in [-0.25, -0.2) is 14.8 Å². The van der Waals surface area contributed by atoms with Crippen molar-refractivity contribution in [2.75, 3.05) is 18.4 Å². The summed E-state index contributed by atoms with van der Waals surface area (Å²) in [6, 6.07) is 2.30. The lowest BCUT2D eigenvalue weighted by atomic mass is 9.94. The molecule has 0 radical (unpaired) electrons. The highest BCUT2D eigenvalue weighted by Crippen LogP contribution is 2.42. The zero-order chi connectivity index (χ0) is 16.8. The van der Waals surface area contributed by atoms with Crippen LogP contribution >= 0.6 is 0 Å². The Labute approximate surface area is 140 Å². The minimum absolute atomic E-state index is 0.205. The van der Waals surface area contributed by atoms with E-state index in [0.717, 1.165) is 30.9 Å². The molecule has 2 fully saturated rings. The lowest BCUT2D eigenvalue weighted by Crippen LogP contribution is -2.40. The van der Waals surface area contributed by atoms with Crippen LogP contribution < -0.4 is 5.32 Å². The van der Waals surface area contributed by atoms with Crippen LogP contribution in [0.25, 0.3) is 5.78 Å². The zero-order valence-electron chi connectivity index (χ0n) is 14.0. The molecule has 7 nitrogen and oxygen atoms in total. The number of carboxylic acid groups (broad SMARTS) is 1. The number of piperidine rings is 1. The van der Waals surface area contributed by atoms with E-state index in [2.05, 4.69) is 35.2 Å². The largest absolute Gasteiger partial charge is 0.465 e. The molecule has 4 rings (SSSR count). The fourth-order valence-electron chi connectivity index (χ4n) is 4.14. The molecule has 1 amide bonds. The number of aromatic nitrogens is 3. The van der Waals surface area contributed by atoms with Gasteiger partial charge in [-0.05, 0) is 30.6 Å². The normalized spacial score (nSPS) is 25.8. The molecule has 2 aromatic heterocycles. The minimum Gasteiger partial charge on any atom is -0.465 e. The summed E-state index contributed by atoms with van der Waals surface area (Å²) in [5.74, 6) is 3.08. The summed E-state index contributed by atoms with van der Waals surface area (Å²) in [6.07, 6.45) is 4.87. The third-order valence-corrected chi connectivity index (χ3v) is 5.47. The number of nitrogens with zero attached hydrogens (tertiary/aromatic N) is 4. The summed E-state index contributed by atoms with van der Waals surface area (Å²) in [5.41, 5.74) is 1.03. The molecule has 2 aliphatic rings. The number of amides is 1. The molecular weight excluding hydrogens is 306 g/mol. The van der Waals surface area contributed by atoms with Crippen LogP contribution in [0.15, 0.2) is 18.5 Å². The monoisotopic (exact) mass is 329 g/mol. The molecule has 1 aliphatic carbocycles. The van der Waals surface area contributed by atoms with Gasteiger partial charge in [0, 0.05) is 37.6 Å². The number of anilines is 1. The SMILES string of the molecule is CC(C)c1cc(NCC2CC3CC2CN3C(=O)O)n2ccnc2n1. The van der Waals surface area contributed by atoms with Crippen molar-refractivity contribution < 1.29 is 9.90 Å². The fourth-order valence-corrected chi connectivity index (χ4v) is 4.14. The Morgan fingerprint density at radius 3 is 2.96 bits per heavy atom. The van der Waals surface area contributed by atoms with Crippen molar-refractivity contribution >= 4 is 17.7 Å². The van der Waals surface area contributed by atoms with Crippen LogP contribution in [0.4, 0.5) is 10.6 Å². The molecule has 1 saturated heterocycles. The molecule has 3 unspecified atom stereocenters. The predicted octanol–water partition coefficient (Wildman–Crippen LogP) is 2.65. The Morgan fingerprint density at radius 1 is 1.46 bits per heavy atom. The van der Waals surface area contributed by atoms with E-state index in [9.17, 15) is 9.90 Å². The highest BCUT2D eigenvalue weighted by molar-refractivity contribution is 5.66. The number of rotatable bonds is 4. The summed E-state index contributed by atoms with van der Waals surface area (Å²) in [5, 5.41) is 12.8. The number of likely N-dealkylation sites (tertiary alicyclic amines) is 1. The lowest BCUT2D eigenvalue weighted by molar-refractivity contribution is 0.121. The highest BCUT2D eigenvalue weighted by Gasteiger charge is 2.46. The van der Waals surface area contributed by atoms with Gasteiger partial charge >= 0.3 is 6.09 Å². The van der Waals surface area contributed by atoms with Gasteiger partial charge in [0.25, 0.3) is 0 Å². The van der Waals surface area contributed by atoms with Crippen LogP contribution in [0.1, 0.15) is 38.3 Å². The molecule has 128 valence electrons. The van der Waals surface area contributed by atoms with Gasteiger partial charge in [0.15, 0.2) is 0 Å². The van der Waals surface area contributed by atoms with E-state index in [1.807, 2.05) is 10.6 Å². The maximum Gasteiger partial charge on any atom is 0.407 e. The Hall–Kier alpha value is -2.31. The van der Waals surface area contributed by atoms with Gasteiger partial charge in [-0.1, -0.05) is 13.8 Å². The standard InChI is InChI=1S/C17H23N5O2/c1-10(2)14-7-15(21-4-3-18-16(21)20-14)19-8-11-5-13-6-12(11)9-22(13)17(23)24/h3-4,7,10-13,19H,5-6,8-9H2,1-2H3,(H,23,24). The number of hydrogen-bond acceptors (Lipinski definition) is 4. The van der Waals surface area contributed by atoms with E-state index in [0.29, 0.717) is 30.1 Å². The number of fused-ring (bicyclic) bond motifs is 3. The summed E-state index contributed by atoms with van der Waals surface area (Å²) in [6.45, 7) is 5.80. The molecule has 0 aromatic carbocycles. The number of nitrogens with one attached hydrogen (secondary N) is 1. The first-order valence-corrected chi connectivity index (χ1v) is 8.60. The third-order valence-electron chi connectivity index (χ3n) is 5.47. The summed E-state index contributed by atoms with van der Waals surface area (Å²) < 4.78 is 1.97. The van der Waals surface area contributed by atoms with Crippen molar-refractivity contribution in [1.82, 2.24) is 19.3 Å². The minimum atomic E-state index is -0.773. The zero-order valence-corrected chi connectivity index (χ0v) is 14.0. The van der Waals surface area contributed by atoms with Gasteiger partial charge in [-0.15, -0.1) is 0 Å². The molecular formula is C17H23N5O2. The summed E-state index contributed by atoms with van der Waals surface area (Å²) in [4.78, 5) is 21.7. The average molecular weight is 329 g/mol. The molecule has 2 aromatic rings. The maximum absolute atomic E-state index is 11.2. The number of imidazole rings is 1. The van der Waals surface area contributed by atoms with E-state index in [1.165, 1.54) is 0 Å². The molecule has 1 saturated carbocycles. The summed E-state index contributed by atoms with van der Waals surface area (Å²) >= 11 is 0. The van der Waals surface area contributed by atoms with Gasteiger partial charge < -0.3 is 15.3 Å². The highest BCUT2D eigenvalue weighted by atomic mass is 16.4. The Bertz CT molecular complexity index is 771. The average Bonchev–Trinajstić information content (AvgIpc) is 3.26. The van der Waals surface area contributed by atoms with Crippen LogP contribution in [-0.2, 0) is 0 Å². The van der Waals surface area contributed by atoms with Crippen molar-refractivity contribution in [2.24, 2.45) is 11.8 Å². The first-order valence-electron chi connectivity index (χ1n) is 8.60. The second kappa shape index (κ2) is 5.65. The second-order valence-corrected chi connectivity index (χ2v) is 7.28. The molecule has 0 spiro atoms. The van der Waals surface area contributed by atoms with Crippen LogP contribution in [-0.4, -0.2) is 49.6 Å². The fraction of sp³-hybridized carbons (Fsp3) is 0.588. The van der Waals surface area contributed by atoms with Gasteiger partial charge in [-0.2, -0.15) is 0 Å². The smallest absolute Gasteiger partial charge is 0.407 e. The third kappa shape index (κ3) is 2.48.